The third-order valence-electron chi connectivity index (χ3n) is 2.58. The number of carbonyl (C=O) groups is 2. The van der Waals surface area contributed by atoms with E-state index < -0.39 is 5.97 Å². The second-order valence-electron chi connectivity index (χ2n) is 4.40. The first kappa shape index (κ1) is 16.2. The molecule has 0 bridgehead atoms. The van der Waals surface area contributed by atoms with Crippen LogP contribution in [0.5, 0.6) is 0 Å². The van der Waals surface area contributed by atoms with Gasteiger partial charge >= 0.3 is 12.0 Å². The van der Waals surface area contributed by atoms with Gasteiger partial charge in [-0.15, -0.1) is 0 Å². The monoisotopic (exact) mass is 340 g/mol. The lowest BCUT2D eigenvalue weighted by molar-refractivity contribution is 0.0698. The summed E-state index contributed by atoms with van der Waals surface area (Å²) < 4.78 is 0.641. The first-order valence-corrected chi connectivity index (χ1v) is 6.87. The molecule has 0 radical (unpaired) electrons. The van der Waals surface area contributed by atoms with Crippen LogP contribution in [0.25, 0.3) is 0 Å². The molecule has 1 aromatic carbocycles. The van der Waals surface area contributed by atoms with Crippen molar-refractivity contribution in [1.29, 1.82) is 0 Å². The first-order valence-electron chi connectivity index (χ1n) is 6.08. The molecular weight excluding hydrogens is 324 g/mol. The summed E-state index contributed by atoms with van der Waals surface area (Å²) in [7, 11) is 0. The summed E-state index contributed by atoms with van der Waals surface area (Å²) in [5, 5.41) is 11.8. The normalized spacial score (nSPS) is 9.95. The number of nitrogens with one attached hydrogen (secondary N) is 1. The molecular formula is C14H17BrN2O3. The molecule has 2 amide bonds. The van der Waals surface area contributed by atoms with Gasteiger partial charge in [0.05, 0.1) is 11.3 Å². The number of carboxylic acid groups (broad SMARTS) is 1. The predicted molar refractivity (Wildman–Crippen MR) is 82.2 cm³/mol. The van der Waals surface area contributed by atoms with E-state index in [0.29, 0.717) is 17.6 Å². The van der Waals surface area contributed by atoms with Crippen molar-refractivity contribution in [2.75, 3.05) is 18.4 Å². The summed E-state index contributed by atoms with van der Waals surface area (Å²) in [6.07, 6.45) is 0. The van der Waals surface area contributed by atoms with Crippen LogP contribution in [0, 0.1) is 0 Å². The van der Waals surface area contributed by atoms with Gasteiger partial charge in [0.15, 0.2) is 0 Å². The number of likely N-dealkylation sites (N-methyl/N-ethyl adjacent to an activating group) is 1. The smallest absolute Gasteiger partial charge is 0.337 e. The van der Waals surface area contributed by atoms with E-state index in [9.17, 15) is 9.59 Å². The lowest BCUT2D eigenvalue weighted by atomic mass is 10.2. The third kappa shape index (κ3) is 4.38. The van der Waals surface area contributed by atoms with Gasteiger partial charge in [0.25, 0.3) is 0 Å². The molecule has 2 N–H and O–H groups in total. The highest BCUT2D eigenvalue weighted by Crippen LogP contribution is 2.21. The zero-order valence-corrected chi connectivity index (χ0v) is 13.0. The lowest BCUT2D eigenvalue weighted by Gasteiger charge is -2.22. The number of carbonyl (C=O) groups excluding carboxylic acids is 1. The summed E-state index contributed by atoms with van der Waals surface area (Å²) in [6, 6.07) is 4.34. The fourth-order valence-electron chi connectivity index (χ4n) is 1.65. The minimum atomic E-state index is -1.09. The fraction of sp³-hybridized carbons (Fsp3) is 0.286. The Kier molecular flexibility index (Phi) is 5.76. The molecule has 6 heteroatoms. The molecule has 0 aromatic heterocycles. The lowest BCUT2D eigenvalue weighted by Crippen LogP contribution is -2.36. The maximum atomic E-state index is 12.1. The van der Waals surface area contributed by atoms with E-state index >= 15 is 0 Å². The topological polar surface area (TPSA) is 69.6 Å². The number of anilines is 1. The van der Waals surface area contributed by atoms with Crippen LogP contribution < -0.4 is 5.32 Å². The highest BCUT2D eigenvalue weighted by Gasteiger charge is 2.16. The van der Waals surface area contributed by atoms with Crippen molar-refractivity contribution in [3.8, 4) is 0 Å². The Morgan fingerprint density at radius 3 is 2.60 bits per heavy atom. The minimum Gasteiger partial charge on any atom is -0.478 e. The van der Waals surface area contributed by atoms with Crippen molar-refractivity contribution >= 4 is 33.6 Å². The fourth-order valence-corrected chi connectivity index (χ4v) is 2.01. The van der Waals surface area contributed by atoms with Crippen LogP contribution in [0.15, 0.2) is 34.8 Å². The van der Waals surface area contributed by atoms with Crippen LogP contribution >= 0.6 is 15.9 Å². The predicted octanol–water partition coefficient (Wildman–Crippen LogP) is 3.58. The number of hydrogen-bond acceptors (Lipinski definition) is 2. The molecule has 0 spiro atoms. The van der Waals surface area contributed by atoms with Crippen LogP contribution in [0.1, 0.15) is 24.2 Å². The Morgan fingerprint density at radius 2 is 2.10 bits per heavy atom. The van der Waals surface area contributed by atoms with Gasteiger partial charge in [0, 0.05) is 17.6 Å². The van der Waals surface area contributed by atoms with Crippen molar-refractivity contribution in [3.05, 3.63) is 40.4 Å². The molecule has 5 nitrogen and oxygen atoms in total. The maximum Gasteiger partial charge on any atom is 0.337 e. The Bertz CT molecular complexity index is 543. The summed E-state index contributed by atoms with van der Waals surface area (Å²) >= 11 is 3.21. The number of halogens is 1. The largest absolute Gasteiger partial charge is 0.478 e. The second-order valence-corrected chi connectivity index (χ2v) is 5.31. The van der Waals surface area contributed by atoms with E-state index in [2.05, 4.69) is 27.8 Å². The van der Waals surface area contributed by atoms with Crippen LogP contribution in [0.2, 0.25) is 0 Å². The third-order valence-corrected chi connectivity index (χ3v) is 3.08. The Balaban J connectivity index is 2.95. The van der Waals surface area contributed by atoms with Gasteiger partial charge in [-0.3, -0.25) is 0 Å². The van der Waals surface area contributed by atoms with E-state index in [0.717, 1.165) is 5.57 Å². The first-order chi connectivity index (χ1) is 9.35. The zero-order chi connectivity index (χ0) is 15.3. The van der Waals surface area contributed by atoms with Crippen molar-refractivity contribution in [2.24, 2.45) is 0 Å². The number of benzene rings is 1. The average Bonchev–Trinajstić information content (AvgIpc) is 2.37. The van der Waals surface area contributed by atoms with E-state index in [-0.39, 0.29) is 17.3 Å². The second kappa shape index (κ2) is 7.09. The molecule has 0 fully saturated rings. The number of aromatic carboxylic acids is 1. The number of hydrogen-bond donors (Lipinski definition) is 2. The van der Waals surface area contributed by atoms with Gasteiger partial charge in [-0.25, -0.2) is 9.59 Å². The highest BCUT2D eigenvalue weighted by molar-refractivity contribution is 9.10. The molecule has 0 aliphatic carbocycles. The summed E-state index contributed by atoms with van der Waals surface area (Å²) in [4.78, 5) is 24.8. The van der Waals surface area contributed by atoms with Crippen LogP contribution in [0.4, 0.5) is 10.5 Å². The molecule has 0 unspecified atom stereocenters. The minimum absolute atomic E-state index is 0.0408. The van der Waals surface area contributed by atoms with Gasteiger partial charge < -0.3 is 15.3 Å². The molecule has 108 valence electrons. The van der Waals surface area contributed by atoms with Gasteiger partial charge in [-0.1, -0.05) is 28.1 Å². The van der Waals surface area contributed by atoms with Crippen molar-refractivity contribution in [2.45, 2.75) is 13.8 Å². The Hall–Kier alpha value is -1.82. The number of rotatable bonds is 5. The van der Waals surface area contributed by atoms with E-state index in [1.165, 1.54) is 6.07 Å². The van der Waals surface area contributed by atoms with Crippen LogP contribution in [-0.2, 0) is 0 Å². The zero-order valence-electron chi connectivity index (χ0n) is 11.4. The molecule has 20 heavy (non-hydrogen) atoms. The molecule has 0 heterocycles. The van der Waals surface area contributed by atoms with Crippen molar-refractivity contribution < 1.29 is 14.7 Å². The van der Waals surface area contributed by atoms with Crippen molar-refractivity contribution in [3.63, 3.8) is 0 Å². The van der Waals surface area contributed by atoms with E-state index in [4.69, 9.17) is 5.11 Å². The van der Waals surface area contributed by atoms with Gasteiger partial charge in [0.1, 0.15) is 0 Å². The molecule has 0 atom stereocenters. The molecule has 0 saturated heterocycles. The number of urea groups is 1. The molecule has 0 aliphatic rings. The van der Waals surface area contributed by atoms with E-state index in [1.54, 1.807) is 17.0 Å². The molecule has 0 aliphatic heterocycles. The Morgan fingerprint density at radius 1 is 1.45 bits per heavy atom. The van der Waals surface area contributed by atoms with Gasteiger partial charge in [-0.2, -0.15) is 0 Å². The summed E-state index contributed by atoms with van der Waals surface area (Å²) in [5.74, 6) is -1.09. The summed E-state index contributed by atoms with van der Waals surface area (Å²) in [6.45, 7) is 8.39. The van der Waals surface area contributed by atoms with Crippen LogP contribution in [-0.4, -0.2) is 35.1 Å². The quantitative estimate of drug-likeness (QED) is 0.805. The maximum absolute atomic E-state index is 12.1. The SMILES string of the molecule is C=C(C)CN(CC)C(=O)Nc1ccc(Br)cc1C(=O)O. The van der Waals surface area contributed by atoms with Gasteiger partial charge in [-0.05, 0) is 32.0 Å². The number of nitrogens with zero attached hydrogens (tertiary/aromatic N) is 1. The highest BCUT2D eigenvalue weighted by atomic mass is 79.9. The molecule has 1 aromatic rings. The average molecular weight is 341 g/mol. The Labute approximate surface area is 126 Å². The summed E-state index contributed by atoms with van der Waals surface area (Å²) in [5.41, 5.74) is 1.17. The standard InChI is InChI=1S/C14H17BrN2O3/c1-4-17(8-9(2)3)14(20)16-12-6-5-10(15)7-11(12)13(18)19/h5-7H,2,4,8H2,1,3H3,(H,16,20)(H,18,19). The van der Waals surface area contributed by atoms with Crippen molar-refractivity contribution in [1.82, 2.24) is 4.90 Å². The van der Waals surface area contributed by atoms with Gasteiger partial charge in [0.2, 0.25) is 0 Å². The number of carboxylic acids is 1. The molecule has 1 rings (SSSR count). The molecule has 0 saturated carbocycles. The van der Waals surface area contributed by atoms with Crippen LogP contribution in [0.3, 0.4) is 0 Å². The number of amides is 2. The van der Waals surface area contributed by atoms with E-state index in [1.807, 2.05) is 13.8 Å².